The van der Waals surface area contributed by atoms with Crippen LogP contribution >= 0.6 is 0 Å². The summed E-state index contributed by atoms with van der Waals surface area (Å²) in [5.41, 5.74) is 1.18. The van der Waals surface area contributed by atoms with Gasteiger partial charge in [-0.1, -0.05) is 0 Å². The van der Waals surface area contributed by atoms with E-state index in [1.54, 1.807) is 0 Å². The predicted molar refractivity (Wildman–Crippen MR) is 65.4 cm³/mol. The Morgan fingerprint density at radius 1 is 1.22 bits per heavy atom. The molecule has 0 spiro atoms. The zero-order valence-electron chi connectivity index (χ0n) is 10.0. The molecule has 0 aliphatic carbocycles. The van der Waals surface area contributed by atoms with Crippen molar-refractivity contribution in [3.63, 3.8) is 0 Å². The van der Waals surface area contributed by atoms with E-state index in [1.807, 2.05) is 0 Å². The first-order chi connectivity index (χ1) is 8.75. The molecule has 1 aliphatic rings. The quantitative estimate of drug-likeness (QED) is 0.908. The van der Waals surface area contributed by atoms with Gasteiger partial charge < -0.3 is 4.90 Å². The van der Waals surface area contributed by atoms with Crippen molar-refractivity contribution >= 4 is 10.9 Å². The molecule has 18 heavy (non-hydrogen) atoms. The van der Waals surface area contributed by atoms with Gasteiger partial charge in [0, 0.05) is 18.7 Å². The van der Waals surface area contributed by atoms with Crippen LogP contribution < -0.4 is 0 Å². The second-order valence-corrected chi connectivity index (χ2v) is 4.76. The Balaban J connectivity index is 1.85. The van der Waals surface area contributed by atoms with Crippen LogP contribution in [0, 0.1) is 11.6 Å². The van der Waals surface area contributed by atoms with Gasteiger partial charge >= 0.3 is 0 Å². The number of hydrogen-bond donors (Lipinski definition) is 1. The molecule has 5 heteroatoms. The summed E-state index contributed by atoms with van der Waals surface area (Å²) in [5.74, 6) is -1.61. The van der Waals surface area contributed by atoms with Crippen molar-refractivity contribution in [3.8, 4) is 0 Å². The van der Waals surface area contributed by atoms with Crippen molar-refractivity contribution < 1.29 is 8.78 Å². The number of rotatable bonds is 3. The molecule has 0 bridgehead atoms. The van der Waals surface area contributed by atoms with Gasteiger partial charge in [-0.2, -0.15) is 5.10 Å². The van der Waals surface area contributed by atoms with Gasteiger partial charge in [-0.05, 0) is 38.1 Å². The molecule has 0 amide bonds. The first-order valence-electron chi connectivity index (χ1n) is 6.29. The van der Waals surface area contributed by atoms with Crippen LogP contribution in [0.5, 0.6) is 0 Å². The molecule has 3 rings (SSSR count). The molecular formula is C13H15F2N3. The maximum absolute atomic E-state index is 13.7. The minimum Gasteiger partial charge on any atom is -0.303 e. The Kier molecular flexibility index (Phi) is 2.99. The third-order valence-corrected chi connectivity index (χ3v) is 3.56. The third-order valence-electron chi connectivity index (χ3n) is 3.56. The van der Waals surface area contributed by atoms with Crippen LogP contribution in [0.2, 0.25) is 0 Å². The van der Waals surface area contributed by atoms with E-state index in [-0.39, 0.29) is 0 Å². The Bertz CT molecular complexity index is 559. The van der Waals surface area contributed by atoms with Crippen molar-refractivity contribution in [2.24, 2.45) is 0 Å². The number of fused-ring (bicyclic) bond motifs is 1. The molecule has 0 atom stereocenters. The summed E-state index contributed by atoms with van der Waals surface area (Å²) in [6.07, 6.45) is 3.14. The van der Waals surface area contributed by atoms with Crippen molar-refractivity contribution in [2.75, 3.05) is 19.6 Å². The molecular weight excluding hydrogens is 236 g/mol. The smallest absolute Gasteiger partial charge is 0.170 e. The average molecular weight is 251 g/mol. The van der Waals surface area contributed by atoms with Crippen LogP contribution in [0.15, 0.2) is 12.1 Å². The molecule has 1 aromatic heterocycles. The highest BCUT2D eigenvalue weighted by atomic mass is 19.2. The van der Waals surface area contributed by atoms with Crippen molar-refractivity contribution in [1.29, 1.82) is 0 Å². The lowest BCUT2D eigenvalue weighted by Crippen LogP contribution is -2.22. The van der Waals surface area contributed by atoms with E-state index in [0.717, 1.165) is 25.7 Å². The normalized spacial score (nSPS) is 16.8. The zero-order valence-corrected chi connectivity index (χ0v) is 10.0. The second kappa shape index (κ2) is 4.65. The Morgan fingerprint density at radius 2 is 2.00 bits per heavy atom. The van der Waals surface area contributed by atoms with E-state index >= 15 is 0 Å². The highest BCUT2D eigenvalue weighted by Crippen LogP contribution is 2.22. The van der Waals surface area contributed by atoms with Gasteiger partial charge in [0.2, 0.25) is 0 Å². The number of benzene rings is 1. The summed E-state index contributed by atoms with van der Waals surface area (Å²) in [4.78, 5) is 2.34. The second-order valence-electron chi connectivity index (χ2n) is 4.76. The number of halogens is 2. The zero-order chi connectivity index (χ0) is 12.5. The molecule has 1 aliphatic heterocycles. The first kappa shape index (κ1) is 11.6. The van der Waals surface area contributed by atoms with Gasteiger partial charge in [0.25, 0.3) is 0 Å². The lowest BCUT2D eigenvalue weighted by atomic mass is 10.1. The maximum Gasteiger partial charge on any atom is 0.170 e. The molecule has 1 fully saturated rings. The number of H-pyrrole nitrogens is 1. The van der Waals surface area contributed by atoms with Crippen molar-refractivity contribution in [3.05, 3.63) is 29.5 Å². The number of likely N-dealkylation sites (tertiary alicyclic amines) is 1. The number of nitrogens with zero attached hydrogens (tertiary/aromatic N) is 2. The number of aromatic nitrogens is 2. The summed E-state index contributed by atoms with van der Waals surface area (Å²) >= 11 is 0. The van der Waals surface area contributed by atoms with Crippen LogP contribution in [0.3, 0.4) is 0 Å². The minimum absolute atomic E-state index is 0.300. The molecule has 1 N–H and O–H groups in total. The lowest BCUT2D eigenvalue weighted by molar-refractivity contribution is 0.342. The lowest BCUT2D eigenvalue weighted by Gasteiger charge is -2.13. The third kappa shape index (κ3) is 1.99. The summed E-state index contributed by atoms with van der Waals surface area (Å²) in [6, 6.07) is 2.62. The van der Waals surface area contributed by atoms with Crippen LogP contribution in [0.1, 0.15) is 18.5 Å². The minimum atomic E-state index is -0.814. The Morgan fingerprint density at radius 3 is 2.78 bits per heavy atom. The molecule has 0 saturated carbocycles. The fourth-order valence-corrected chi connectivity index (χ4v) is 2.56. The van der Waals surface area contributed by atoms with Gasteiger partial charge in [-0.3, -0.25) is 5.10 Å². The fourth-order valence-electron chi connectivity index (χ4n) is 2.56. The van der Waals surface area contributed by atoms with E-state index < -0.39 is 11.6 Å². The summed E-state index contributed by atoms with van der Waals surface area (Å²) in [5, 5.41) is 7.14. The Labute approximate surface area is 104 Å². The van der Waals surface area contributed by atoms with E-state index in [9.17, 15) is 8.78 Å². The van der Waals surface area contributed by atoms with Crippen LogP contribution in [-0.2, 0) is 6.42 Å². The molecule has 0 radical (unpaired) electrons. The fraction of sp³-hybridized carbons (Fsp3) is 0.462. The van der Waals surface area contributed by atoms with E-state index in [2.05, 4.69) is 15.1 Å². The van der Waals surface area contributed by atoms with E-state index in [4.69, 9.17) is 0 Å². The molecule has 3 nitrogen and oxygen atoms in total. The van der Waals surface area contributed by atoms with E-state index in [1.165, 1.54) is 18.9 Å². The summed E-state index contributed by atoms with van der Waals surface area (Å²) < 4.78 is 27.0. The van der Waals surface area contributed by atoms with Crippen LogP contribution in [0.4, 0.5) is 8.78 Å². The monoisotopic (exact) mass is 251 g/mol. The van der Waals surface area contributed by atoms with Gasteiger partial charge in [-0.25, -0.2) is 8.78 Å². The maximum atomic E-state index is 13.7. The molecule has 96 valence electrons. The highest BCUT2D eigenvalue weighted by molar-refractivity contribution is 5.82. The molecule has 2 aromatic rings. The topological polar surface area (TPSA) is 31.9 Å². The number of hydrogen-bond acceptors (Lipinski definition) is 2. The van der Waals surface area contributed by atoms with Crippen LogP contribution in [-0.4, -0.2) is 34.7 Å². The van der Waals surface area contributed by atoms with Crippen molar-refractivity contribution in [1.82, 2.24) is 15.1 Å². The first-order valence-corrected chi connectivity index (χ1v) is 6.29. The Hall–Kier alpha value is -1.49. The average Bonchev–Trinajstić information content (AvgIpc) is 3.00. The van der Waals surface area contributed by atoms with Gasteiger partial charge in [0.1, 0.15) is 0 Å². The molecule has 0 unspecified atom stereocenters. The SMILES string of the molecule is Fc1ccc2n[nH]c(CCN3CCCC3)c2c1F. The predicted octanol–water partition coefficient (Wildman–Crippen LogP) is 2.48. The molecule has 1 aromatic carbocycles. The summed E-state index contributed by atoms with van der Waals surface area (Å²) in [6.45, 7) is 3.07. The van der Waals surface area contributed by atoms with Crippen LogP contribution in [0.25, 0.3) is 10.9 Å². The van der Waals surface area contributed by atoms with Gasteiger partial charge in [0.15, 0.2) is 11.6 Å². The molecule has 2 heterocycles. The standard InChI is InChI=1S/C13H15F2N3/c14-9-3-4-10-12(13(9)15)11(17-16-10)5-8-18-6-1-2-7-18/h3-4H,1-2,5-8H2,(H,16,17). The van der Waals surface area contributed by atoms with E-state index in [0.29, 0.717) is 23.0 Å². The summed E-state index contributed by atoms with van der Waals surface area (Å²) in [7, 11) is 0. The van der Waals surface area contributed by atoms with Gasteiger partial charge in [-0.15, -0.1) is 0 Å². The number of aromatic amines is 1. The number of nitrogens with one attached hydrogen (secondary N) is 1. The highest BCUT2D eigenvalue weighted by Gasteiger charge is 2.16. The van der Waals surface area contributed by atoms with Crippen molar-refractivity contribution in [2.45, 2.75) is 19.3 Å². The largest absolute Gasteiger partial charge is 0.303 e. The molecule has 1 saturated heterocycles. The van der Waals surface area contributed by atoms with Gasteiger partial charge in [0.05, 0.1) is 10.9 Å².